The van der Waals surface area contributed by atoms with Crippen LogP contribution in [-0.4, -0.2) is 60.7 Å². The van der Waals surface area contributed by atoms with Crippen LogP contribution in [-0.2, 0) is 34.1 Å². The van der Waals surface area contributed by atoms with Crippen molar-refractivity contribution >= 4 is 16.0 Å². The highest BCUT2D eigenvalue weighted by Gasteiger charge is 2.30. The molecule has 0 radical (unpaired) electrons. The molecule has 1 aliphatic rings. The van der Waals surface area contributed by atoms with Gasteiger partial charge in [0.1, 0.15) is 16.5 Å². The fourth-order valence-electron chi connectivity index (χ4n) is 4.81. The standard InChI is InChI=1S/C26H34F2N2O5S/c1-26(2,14-17-10-18-6-4-5-7-19(18)11-17)29-15-21(31)16-30(3)36(34,35)24-13-22(27)20(12-23(24)28)8-9-25(32)33/h4-7,12-13,17,21,29,31H,8-11,14-16H2,1-3H3,(H,32,33)/t21-/m0/s1. The summed E-state index contributed by atoms with van der Waals surface area (Å²) in [4.78, 5) is 9.83. The number of hydrogen-bond donors (Lipinski definition) is 3. The van der Waals surface area contributed by atoms with E-state index in [9.17, 15) is 27.1 Å². The summed E-state index contributed by atoms with van der Waals surface area (Å²) in [6.07, 6.45) is 1.13. The molecule has 1 atom stereocenters. The lowest BCUT2D eigenvalue weighted by molar-refractivity contribution is -0.136. The normalized spacial score (nSPS) is 15.3. The number of β-amino-alcohol motifs (C(OH)–C–C–N with tert-alkyl or cyclic N) is 1. The molecule has 0 saturated heterocycles. The van der Waals surface area contributed by atoms with Crippen LogP contribution < -0.4 is 5.32 Å². The molecule has 0 heterocycles. The van der Waals surface area contributed by atoms with Crippen LogP contribution in [0.3, 0.4) is 0 Å². The molecular formula is C26H34F2N2O5S. The highest BCUT2D eigenvalue weighted by molar-refractivity contribution is 7.89. The van der Waals surface area contributed by atoms with Crippen LogP contribution in [0.4, 0.5) is 8.78 Å². The maximum atomic E-state index is 14.5. The van der Waals surface area contributed by atoms with Gasteiger partial charge in [0.2, 0.25) is 10.0 Å². The van der Waals surface area contributed by atoms with Gasteiger partial charge in [0, 0.05) is 32.1 Å². The lowest BCUT2D eigenvalue weighted by Crippen LogP contribution is -2.47. The lowest BCUT2D eigenvalue weighted by atomic mass is 9.88. The quantitative estimate of drug-likeness (QED) is 0.394. The number of fused-ring (bicyclic) bond motifs is 1. The number of halogens is 2. The zero-order valence-corrected chi connectivity index (χ0v) is 21.6. The number of rotatable bonds is 12. The Bertz CT molecular complexity index is 1180. The molecule has 0 saturated carbocycles. The van der Waals surface area contributed by atoms with E-state index in [2.05, 4.69) is 17.4 Å². The molecule has 7 nitrogen and oxygen atoms in total. The van der Waals surface area contributed by atoms with E-state index in [1.165, 1.54) is 18.2 Å². The minimum absolute atomic E-state index is 0.123. The summed E-state index contributed by atoms with van der Waals surface area (Å²) < 4.78 is 55.4. The van der Waals surface area contributed by atoms with Crippen molar-refractivity contribution in [1.29, 1.82) is 0 Å². The largest absolute Gasteiger partial charge is 0.481 e. The first-order chi connectivity index (χ1) is 16.8. The highest BCUT2D eigenvalue weighted by atomic mass is 32.2. The summed E-state index contributed by atoms with van der Waals surface area (Å²) in [5.41, 5.74) is 2.22. The number of likely N-dealkylation sites (N-methyl/N-ethyl adjacent to an activating group) is 1. The lowest BCUT2D eigenvalue weighted by Gasteiger charge is -2.31. The Kier molecular flexibility index (Phi) is 8.87. The zero-order valence-electron chi connectivity index (χ0n) is 20.8. The van der Waals surface area contributed by atoms with Crippen molar-refractivity contribution in [3.8, 4) is 0 Å². The number of sulfonamides is 1. The zero-order chi connectivity index (χ0) is 26.7. The number of benzene rings is 2. The topological polar surface area (TPSA) is 107 Å². The van der Waals surface area contributed by atoms with Crippen molar-refractivity contribution in [2.75, 3.05) is 20.1 Å². The van der Waals surface area contributed by atoms with Crippen molar-refractivity contribution in [2.45, 2.75) is 62.5 Å². The molecule has 0 aliphatic heterocycles. The predicted molar refractivity (Wildman–Crippen MR) is 132 cm³/mol. The van der Waals surface area contributed by atoms with Gasteiger partial charge in [0.05, 0.1) is 6.10 Å². The van der Waals surface area contributed by atoms with Crippen molar-refractivity contribution in [3.05, 3.63) is 64.7 Å². The molecule has 2 aromatic rings. The fourth-order valence-corrected chi connectivity index (χ4v) is 6.07. The van der Waals surface area contributed by atoms with Crippen LogP contribution in [0.5, 0.6) is 0 Å². The molecule has 1 aliphatic carbocycles. The molecule has 0 unspecified atom stereocenters. The molecular weight excluding hydrogens is 490 g/mol. The number of nitrogens with zero attached hydrogens (tertiary/aromatic N) is 1. The Morgan fingerprint density at radius 1 is 1.17 bits per heavy atom. The number of aliphatic hydroxyl groups is 1. The van der Waals surface area contributed by atoms with Crippen LogP contribution in [0.15, 0.2) is 41.3 Å². The molecule has 0 amide bonds. The number of carbonyl (C=O) groups is 1. The summed E-state index contributed by atoms with van der Waals surface area (Å²) in [5, 5.41) is 22.5. The van der Waals surface area contributed by atoms with Crippen molar-refractivity contribution in [2.24, 2.45) is 5.92 Å². The molecule has 2 aromatic carbocycles. The number of hydrogen-bond acceptors (Lipinski definition) is 5. The predicted octanol–water partition coefficient (Wildman–Crippen LogP) is 3.14. The summed E-state index contributed by atoms with van der Waals surface area (Å²) >= 11 is 0. The van der Waals surface area contributed by atoms with E-state index < -0.39 is 45.0 Å². The van der Waals surface area contributed by atoms with Gasteiger partial charge in [0.25, 0.3) is 0 Å². The molecule has 0 aromatic heterocycles. The molecule has 36 heavy (non-hydrogen) atoms. The first-order valence-corrected chi connectivity index (χ1v) is 13.4. The van der Waals surface area contributed by atoms with Crippen LogP contribution >= 0.6 is 0 Å². The van der Waals surface area contributed by atoms with E-state index in [4.69, 9.17) is 5.11 Å². The van der Waals surface area contributed by atoms with Gasteiger partial charge in [-0.15, -0.1) is 0 Å². The minimum Gasteiger partial charge on any atom is -0.481 e. The Morgan fingerprint density at radius 2 is 1.78 bits per heavy atom. The van der Waals surface area contributed by atoms with E-state index in [0.29, 0.717) is 18.1 Å². The Hall–Kier alpha value is -2.40. The minimum atomic E-state index is -4.42. The number of carboxylic acids is 1. The average Bonchev–Trinajstić information content (AvgIpc) is 3.19. The third-order valence-electron chi connectivity index (χ3n) is 6.62. The first-order valence-electron chi connectivity index (χ1n) is 11.9. The van der Waals surface area contributed by atoms with E-state index >= 15 is 0 Å². The second-order valence-corrected chi connectivity index (χ2v) is 12.2. The second kappa shape index (κ2) is 11.3. The number of carboxylic acid groups (broad SMARTS) is 1. The third kappa shape index (κ3) is 7.09. The van der Waals surface area contributed by atoms with Gasteiger partial charge in [-0.3, -0.25) is 4.79 Å². The van der Waals surface area contributed by atoms with Crippen LogP contribution in [0, 0.1) is 17.6 Å². The molecule has 198 valence electrons. The van der Waals surface area contributed by atoms with Crippen LogP contribution in [0.2, 0.25) is 0 Å². The number of nitrogens with one attached hydrogen (secondary N) is 1. The summed E-state index contributed by atoms with van der Waals surface area (Å²) in [5.74, 6) is -2.87. The third-order valence-corrected chi connectivity index (χ3v) is 8.45. The van der Waals surface area contributed by atoms with Gasteiger partial charge < -0.3 is 15.5 Å². The second-order valence-electron chi connectivity index (χ2n) is 10.2. The fraction of sp³-hybridized carbons (Fsp3) is 0.500. The number of aliphatic hydroxyl groups excluding tert-OH is 1. The van der Waals surface area contributed by atoms with Crippen LogP contribution in [0.25, 0.3) is 0 Å². The average molecular weight is 525 g/mol. The highest BCUT2D eigenvalue weighted by Crippen LogP contribution is 2.32. The SMILES string of the molecule is CN(C[C@@H](O)CNC(C)(C)CC1Cc2ccccc2C1)S(=O)(=O)c1cc(F)c(CCC(=O)O)cc1F. The molecule has 0 bridgehead atoms. The smallest absolute Gasteiger partial charge is 0.303 e. The van der Waals surface area contributed by atoms with Gasteiger partial charge in [-0.2, -0.15) is 4.31 Å². The van der Waals surface area contributed by atoms with Crippen LogP contribution in [0.1, 0.15) is 43.4 Å². The van der Waals surface area contributed by atoms with Crippen molar-refractivity contribution in [3.63, 3.8) is 0 Å². The maximum Gasteiger partial charge on any atom is 0.303 e. The Morgan fingerprint density at radius 3 is 2.36 bits per heavy atom. The summed E-state index contributed by atoms with van der Waals surface area (Å²) in [6.45, 7) is 3.88. The van der Waals surface area contributed by atoms with Gasteiger partial charge in [0.15, 0.2) is 0 Å². The number of aliphatic carboxylic acids is 1. The van der Waals surface area contributed by atoms with Gasteiger partial charge in [-0.1, -0.05) is 24.3 Å². The number of aryl methyl sites for hydroxylation is 1. The first kappa shape index (κ1) is 28.2. The summed E-state index contributed by atoms with van der Waals surface area (Å²) in [7, 11) is -3.23. The monoisotopic (exact) mass is 524 g/mol. The van der Waals surface area contributed by atoms with E-state index in [0.717, 1.165) is 23.6 Å². The van der Waals surface area contributed by atoms with E-state index in [1.807, 2.05) is 26.0 Å². The van der Waals surface area contributed by atoms with Gasteiger partial charge >= 0.3 is 5.97 Å². The van der Waals surface area contributed by atoms with E-state index in [1.54, 1.807) is 0 Å². The summed E-state index contributed by atoms with van der Waals surface area (Å²) in [6, 6.07) is 9.65. The molecule has 3 N–H and O–H groups in total. The van der Waals surface area contributed by atoms with Gasteiger partial charge in [-0.25, -0.2) is 17.2 Å². The molecule has 10 heteroatoms. The Balaban J connectivity index is 1.56. The van der Waals surface area contributed by atoms with Crippen molar-refractivity contribution < 1.29 is 32.2 Å². The van der Waals surface area contributed by atoms with E-state index in [-0.39, 0.29) is 30.6 Å². The molecule has 3 rings (SSSR count). The van der Waals surface area contributed by atoms with Gasteiger partial charge in [-0.05, 0) is 74.3 Å². The molecule has 0 spiro atoms. The van der Waals surface area contributed by atoms with Crippen molar-refractivity contribution in [1.82, 2.24) is 9.62 Å². The maximum absolute atomic E-state index is 14.5. The molecule has 0 fully saturated rings. The Labute approximate surface area is 211 Å².